The predicted molar refractivity (Wildman–Crippen MR) is 112 cm³/mol. The summed E-state index contributed by atoms with van der Waals surface area (Å²) in [4.78, 5) is 18.5. The molecule has 0 aliphatic carbocycles. The van der Waals surface area contributed by atoms with Gasteiger partial charge in [-0.25, -0.2) is 0 Å². The number of nitrogens with two attached hydrogens (primary N) is 2. The molecule has 0 heterocycles. The van der Waals surface area contributed by atoms with Gasteiger partial charge in [0.15, 0.2) is 5.96 Å². The molecule has 144 valence electrons. The number of ether oxygens (including phenoxy) is 1. The third-order valence-electron chi connectivity index (χ3n) is 4.22. The third-order valence-corrected chi connectivity index (χ3v) is 4.22. The zero-order chi connectivity index (χ0) is 20.1. The number of guanidine groups is 1. The molecule has 4 N–H and O–H groups in total. The van der Waals surface area contributed by atoms with Crippen molar-refractivity contribution in [3.63, 3.8) is 0 Å². The molecule has 0 aliphatic heterocycles. The molecule has 3 aromatic rings. The first-order chi connectivity index (χ1) is 13.4. The van der Waals surface area contributed by atoms with Crippen LogP contribution in [0.1, 0.15) is 21.5 Å². The van der Waals surface area contributed by atoms with E-state index < -0.39 is 5.91 Å². The second-order valence-corrected chi connectivity index (χ2v) is 6.85. The molecule has 1 amide bonds. The summed E-state index contributed by atoms with van der Waals surface area (Å²) in [5.74, 6) is -0.347. The minimum atomic E-state index is -0.520. The summed E-state index contributed by atoms with van der Waals surface area (Å²) in [6.45, 7) is 1.18. The number of amides is 1. The molecule has 3 rings (SSSR count). The molecule has 28 heavy (non-hydrogen) atoms. The largest absolute Gasteiger partial charge is 0.488 e. The van der Waals surface area contributed by atoms with Gasteiger partial charge in [-0.3, -0.25) is 4.79 Å². The van der Waals surface area contributed by atoms with Crippen molar-refractivity contribution in [1.29, 1.82) is 0 Å². The van der Waals surface area contributed by atoms with E-state index in [1.54, 1.807) is 6.07 Å². The van der Waals surface area contributed by atoms with Crippen LogP contribution >= 0.6 is 0 Å². The average Bonchev–Trinajstić information content (AvgIpc) is 2.65. The molecule has 0 spiro atoms. The molecule has 0 aromatic heterocycles. The van der Waals surface area contributed by atoms with Crippen molar-refractivity contribution in [3.8, 4) is 5.75 Å². The quantitative estimate of drug-likeness (QED) is 0.510. The molecule has 6 heteroatoms. The molecular weight excluding hydrogens is 352 g/mol. The molecule has 0 unspecified atom stereocenters. The normalized spacial score (nSPS) is 10.8. The molecule has 0 fully saturated rings. The zero-order valence-corrected chi connectivity index (χ0v) is 16.1. The van der Waals surface area contributed by atoms with Crippen LogP contribution in [-0.4, -0.2) is 30.9 Å². The molecule has 0 saturated heterocycles. The summed E-state index contributed by atoms with van der Waals surface area (Å²) >= 11 is 0. The van der Waals surface area contributed by atoms with E-state index in [2.05, 4.69) is 22.0 Å². The van der Waals surface area contributed by atoms with Crippen LogP contribution in [0.4, 0.5) is 0 Å². The number of hydrogen-bond donors (Lipinski definition) is 2. The van der Waals surface area contributed by atoms with E-state index in [1.807, 2.05) is 56.6 Å². The number of fused-ring (bicyclic) bond motifs is 1. The fourth-order valence-corrected chi connectivity index (χ4v) is 3.11. The lowest BCUT2D eigenvalue weighted by Gasteiger charge is -2.14. The Morgan fingerprint density at radius 2 is 1.75 bits per heavy atom. The fourth-order valence-electron chi connectivity index (χ4n) is 3.11. The van der Waals surface area contributed by atoms with Crippen LogP contribution in [0.15, 0.2) is 65.7 Å². The van der Waals surface area contributed by atoms with Crippen LogP contribution < -0.4 is 16.2 Å². The van der Waals surface area contributed by atoms with E-state index in [9.17, 15) is 4.79 Å². The standard InChI is InChI=1S/C22H24N4O2/c1-26(2)13-15-6-5-7-16(12-15)14-28-19-11-10-17-8-3-4-9-18(17)20(19)21(27)25-22(23)24/h3-12H,13-14H2,1-2H3,(H4,23,24,25,27). The van der Waals surface area contributed by atoms with Gasteiger partial charge in [-0.1, -0.05) is 54.6 Å². The topological polar surface area (TPSA) is 93.9 Å². The number of carbonyl (C=O) groups is 1. The maximum Gasteiger partial charge on any atom is 0.284 e. The van der Waals surface area contributed by atoms with Crippen molar-refractivity contribution in [2.24, 2.45) is 16.5 Å². The Morgan fingerprint density at radius 3 is 2.50 bits per heavy atom. The minimum Gasteiger partial charge on any atom is -0.488 e. The Bertz CT molecular complexity index is 1020. The van der Waals surface area contributed by atoms with Crippen molar-refractivity contribution < 1.29 is 9.53 Å². The maximum absolute atomic E-state index is 12.6. The van der Waals surface area contributed by atoms with E-state index in [0.29, 0.717) is 17.9 Å². The van der Waals surface area contributed by atoms with Gasteiger partial charge in [0.2, 0.25) is 0 Å². The van der Waals surface area contributed by atoms with E-state index in [1.165, 1.54) is 5.56 Å². The predicted octanol–water partition coefficient (Wildman–Crippen LogP) is 2.89. The number of hydrogen-bond acceptors (Lipinski definition) is 3. The highest BCUT2D eigenvalue weighted by molar-refractivity contribution is 6.12. The maximum atomic E-state index is 12.6. The van der Waals surface area contributed by atoms with Gasteiger partial charge in [-0.2, -0.15) is 4.99 Å². The summed E-state index contributed by atoms with van der Waals surface area (Å²) in [6, 6.07) is 19.4. The lowest BCUT2D eigenvalue weighted by molar-refractivity contribution is 0.1000. The number of benzene rings is 3. The second kappa shape index (κ2) is 8.54. The van der Waals surface area contributed by atoms with Crippen LogP contribution in [0.5, 0.6) is 5.75 Å². The van der Waals surface area contributed by atoms with Crippen molar-refractivity contribution in [2.75, 3.05) is 14.1 Å². The van der Waals surface area contributed by atoms with E-state index in [-0.39, 0.29) is 5.96 Å². The number of aliphatic imine (C=N–C) groups is 1. The average molecular weight is 376 g/mol. The molecule has 0 bridgehead atoms. The van der Waals surface area contributed by atoms with Crippen LogP contribution in [-0.2, 0) is 13.2 Å². The van der Waals surface area contributed by atoms with Crippen LogP contribution in [0.2, 0.25) is 0 Å². The Labute approximate surface area is 164 Å². The van der Waals surface area contributed by atoms with Crippen LogP contribution in [0.25, 0.3) is 10.8 Å². The SMILES string of the molecule is CN(C)Cc1cccc(COc2ccc3ccccc3c2C(=O)N=C(N)N)c1. The first kappa shape index (κ1) is 19.4. The zero-order valence-electron chi connectivity index (χ0n) is 16.1. The van der Waals surface area contributed by atoms with Gasteiger partial charge >= 0.3 is 0 Å². The highest BCUT2D eigenvalue weighted by Crippen LogP contribution is 2.29. The minimum absolute atomic E-state index is 0.278. The second-order valence-electron chi connectivity index (χ2n) is 6.85. The van der Waals surface area contributed by atoms with Crippen molar-refractivity contribution in [3.05, 3.63) is 77.4 Å². The molecule has 0 atom stereocenters. The first-order valence-corrected chi connectivity index (χ1v) is 8.95. The van der Waals surface area contributed by atoms with E-state index in [4.69, 9.17) is 16.2 Å². The van der Waals surface area contributed by atoms with Gasteiger partial charge < -0.3 is 21.1 Å². The number of carbonyl (C=O) groups excluding carboxylic acids is 1. The van der Waals surface area contributed by atoms with Crippen LogP contribution in [0, 0.1) is 0 Å². The Hall–Kier alpha value is -3.38. The molecule has 6 nitrogen and oxygen atoms in total. The van der Waals surface area contributed by atoms with E-state index in [0.717, 1.165) is 22.9 Å². The smallest absolute Gasteiger partial charge is 0.284 e. The summed E-state index contributed by atoms with van der Waals surface area (Å²) < 4.78 is 6.01. The Kier molecular flexibility index (Phi) is 5.91. The summed E-state index contributed by atoms with van der Waals surface area (Å²) in [5, 5.41) is 1.66. The van der Waals surface area contributed by atoms with Gasteiger partial charge in [0.05, 0.1) is 5.56 Å². The molecule has 0 aliphatic rings. The lowest BCUT2D eigenvalue weighted by atomic mass is 10.0. The highest BCUT2D eigenvalue weighted by atomic mass is 16.5. The van der Waals surface area contributed by atoms with Gasteiger partial charge in [0, 0.05) is 6.54 Å². The van der Waals surface area contributed by atoms with Crippen molar-refractivity contribution in [1.82, 2.24) is 4.90 Å². The summed E-state index contributed by atoms with van der Waals surface area (Å²) in [5.41, 5.74) is 13.4. The van der Waals surface area contributed by atoms with Crippen LogP contribution in [0.3, 0.4) is 0 Å². The molecule has 0 saturated carbocycles. The Balaban J connectivity index is 1.93. The lowest BCUT2D eigenvalue weighted by Crippen LogP contribution is -2.24. The van der Waals surface area contributed by atoms with Gasteiger partial charge in [0.1, 0.15) is 12.4 Å². The first-order valence-electron chi connectivity index (χ1n) is 8.95. The molecular formula is C22H24N4O2. The molecule has 3 aromatic carbocycles. The number of rotatable bonds is 6. The fraction of sp³-hybridized carbons (Fsp3) is 0.182. The number of nitrogens with zero attached hydrogens (tertiary/aromatic N) is 2. The van der Waals surface area contributed by atoms with Crippen molar-refractivity contribution in [2.45, 2.75) is 13.2 Å². The van der Waals surface area contributed by atoms with Gasteiger partial charge in [-0.05, 0) is 42.1 Å². The molecule has 0 radical (unpaired) electrons. The summed E-state index contributed by atoms with van der Waals surface area (Å²) in [7, 11) is 4.06. The monoisotopic (exact) mass is 376 g/mol. The summed E-state index contributed by atoms with van der Waals surface area (Å²) in [6.07, 6.45) is 0. The van der Waals surface area contributed by atoms with Gasteiger partial charge in [0.25, 0.3) is 5.91 Å². The Morgan fingerprint density at radius 1 is 1.00 bits per heavy atom. The van der Waals surface area contributed by atoms with Crippen molar-refractivity contribution >= 4 is 22.6 Å². The van der Waals surface area contributed by atoms with E-state index >= 15 is 0 Å². The highest BCUT2D eigenvalue weighted by Gasteiger charge is 2.17. The third kappa shape index (κ3) is 4.66. The van der Waals surface area contributed by atoms with Gasteiger partial charge in [-0.15, -0.1) is 0 Å².